The molecule has 0 aromatic heterocycles. The largest absolute Gasteiger partial charge is 0.355 e. The number of nitrogens with zero attached hydrogens (tertiary/aromatic N) is 3. The van der Waals surface area contributed by atoms with Gasteiger partial charge in [0.2, 0.25) is 10.0 Å². The first-order valence-corrected chi connectivity index (χ1v) is 11.7. The topological polar surface area (TPSA) is 77.0 Å². The highest BCUT2D eigenvalue weighted by molar-refractivity contribution is 7.92. The van der Waals surface area contributed by atoms with Gasteiger partial charge in [0.25, 0.3) is 0 Å². The second-order valence-corrected chi connectivity index (χ2v) is 10.1. The Balaban J connectivity index is 1.52. The van der Waals surface area contributed by atoms with Gasteiger partial charge in [0.1, 0.15) is 0 Å². The van der Waals surface area contributed by atoms with Gasteiger partial charge in [-0.3, -0.25) is 14.2 Å². The van der Waals surface area contributed by atoms with Crippen LogP contribution in [0.4, 0.5) is 5.69 Å². The van der Waals surface area contributed by atoms with Gasteiger partial charge < -0.3 is 10.6 Å². The fourth-order valence-electron chi connectivity index (χ4n) is 3.99. The Morgan fingerprint density at radius 3 is 2.71 bits per heavy atom. The lowest BCUT2D eigenvalue weighted by Crippen LogP contribution is -2.48. The number of hydrogen-bond donors (Lipinski definition) is 2. The van der Waals surface area contributed by atoms with Crippen LogP contribution < -0.4 is 14.9 Å². The molecular formula is C20H33N5O2S. The molecule has 3 rings (SSSR count). The highest BCUT2D eigenvalue weighted by Gasteiger charge is 2.32. The molecular weight excluding hydrogens is 374 g/mol. The SMILES string of the molecule is CN=C(NCCS(=O)(=O)N1CCc2ccccc21)NC1CN(C(C)C)CC1C. The first-order valence-electron chi connectivity index (χ1n) is 10.1. The van der Waals surface area contributed by atoms with Crippen LogP contribution in [-0.2, 0) is 16.4 Å². The number of fused-ring (bicyclic) bond motifs is 1. The van der Waals surface area contributed by atoms with Gasteiger partial charge in [-0.25, -0.2) is 8.42 Å². The molecule has 2 unspecified atom stereocenters. The summed E-state index contributed by atoms with van der Waals surface area (Å²) >= 11 is 0. The van der Waals surface area contributed by atoms with Crippen LogP contribution in [0, 0.1) is 5.92 Å². The fraction of sp³-hybridized carbons (Fsp3) is 0.650. The summed E-state index contributed by atoms with van der Waals surface area (Å²) in [4.78, 5) is 6.73. The summed E-state index contributed by atoms with van der Waals surface area (Å²) in [5.41, 5.74) is 1.92. The molecule has 0 aliphatic carbocycles. The third-order valence-corrected chi connectivity index (χ3v) is 7.52. The third-order valence-electron chi connectivity index (χ3n) is 5.75. The highest BCUT2D eigenvalue weighted by Crippen LogP contribution is 2.29. The maximum atomic E-state index is 12.8. The molecule has 1 aromatic rings. The van der Waals surface area contributed by atoms with Gasteiger partial charge in [-0.1, -0.05) is 25.1 Å². The summed E-state index contributed by atoms with van der Waals surface area (Å²) < 4.78 is 27.1. The van der Waals surface area contributed by atoms with Crippen molar-refractivity contribution in [3.8, 4) is 0 Å². The number of likely N-dealkylation sites (tertiary alicyclic amines) is 1. The molecule has 0 radical (unpaired) electrons. The lowest BCUT2D eigenvalue weighted by Gasteiger charge is -2.23. The van der Waals surface area contributed by atoms with Gasteiger partial charge in [-0.2, -0.15) is 0 Å². The number of aliphatic imine (C=N–C) groups is 1. The monoisotopic (exact) mass is 407 g/mol. The molecule has 1 fully saturated rings. The zero-order chi connectivity index (χ0) is 20.3. The Morgan fingerprint density at radius 1 is 1.29 bits per heavy atom. The van der Waals surface area contributed by atoms with E-state index in [1.807, 2.05) is 24.3 Å². The van der Waals surface area contributed by atoms with Crippen molar-refractivity contribution in [1.29, 1.82) is 0 Å². The predicted molar refractivity (Wildman–Crippen MR) is 115 cm³/mol. The molecule has 1 saturated heterocycles. The van der Waals surface area contributed by atoms with E-state index in [1.54, 1.807) is 11.4 Å². The second kappa shape index (κ2) is 8.69. The average molecular weight is 408 g/mol. The van der Waals surface area contributed by atoms with Crippen molar-refractivity contribution in [2.75, 3.05) is 43.3 Å². The number of hydrogen-bond acceptors (Lipinski definition) is 4. The van der Waals surface area contributed by atoms with Crippen molar-refractivity contribution < 1.29 is 8.42 Å². The van der Waals surface area contributed by atoms with E-state index < -0.39 is 10.0 Å². The summed E-state index contributed by atoms with van der Waals surface area (Å²) in [6, 6.07) is 8.57. The van der Waals surface area contributed by atoms with E-state index in [4.69, 9.17) is 0 Å². The average Bonchev–Trinajstić information content (AvgIpc) is 3.25. The Hall–Kier alpha value is -1.80. The van der Waals surface area contributed by atoms with E-state index in [9.17, 15) is 8.42 Å². The minimum atomic E-state index is -3.36. The maximum absolute atomic E-state index is 12.8. The van der Waals surface area contributed by atoms with Crippen LogP contribution in [0.2, 0.25) is 0 Å². The molecule has 2 aliphatic heterocycles. The standard InChI is InChI=1S/C20H33N5O2S/c1-15(2)24-13-16(3)18(14-24)23-20(21-4)22-10-12-28(26,27)25-11-9-17-7-5-6-8-19(17)25/h5-8,15-16,18H,9-14H2,1-4H3,(H2,21,22,23). The van der Waals surface area contributed by atoms with Crippen LogP contribution >= 0.6 is 0 Å². The van der Waals surface area contributed by atoms with E-state index in [2.05, 4.69) is 41.3 Å². The summed E-state index contributed by atoms with van der Waals surface area (Å²) in [5.74, 6) is 1.23. The zero-order valence-electron chi connectivity index (χ0n) is 17.4. The van der Waals surface area contributed by atoms with Crippen molar-refractivity contribution in [2.24, 2.45) is 10.9 Å². The van der Waals surface area contributed by atoms with Crippen LogP contribution in [0.5, 0.6) is 0 Å². The Bertz CT molecular complexity index is 809. The molecule has 2 aliphatic rings. The molecule has 1 aromatic carbocycles. The predicted octanol–water partition coefficient (Wildman–Crippen LogP) is 1.27. The maximum Gasteiger partial charge on any atom is 0.236 e. The smallest absolute Gasteiger partial charge is 0.236 e. The Morgan fingerprint density at radius 2 is 2.04 bits per heavy atom. The first-order chi connectivity index (χ1) is 13.3. The summed E-state index contributed by atoms with van der Waals surface area (Å²) in [6.45, 7) is 9.56. The molecule has 0 amide bonds. The van der Waals surface area contributed by atoms with Crippen molar-refractivity contribution in [3.63, 3.8) is 0 Å². The molecule has 2 heterocycles. The number of guanidine groups is 1. The van der Waals surface area contributed by atoms with E-state index in [1.165, 1.54) is 0 Å². The van der Waals surface area contributed by atoms with Crippen LogP contribution in [0.3, 0.4) is 0 Å². The molecule has 2 atom stereocenters. The zero-order valence-corrected chi connectivity index (χ0v) is 18.2. The molecule has 0 spiro atoms. The number of rotatable bonds is 6. The van der Waals surface area contributed by atoms with Gasteiger partial charge in [-0.05, 0) is 37.8 Å². The third kappa shape index (κ3) is 4.60. The van der Waals surface area contributed by atoms with Crippen molar-refractivity contribution >= 4 is 21.7 Å². The molecule has 28 heavy (non-hydrogen) atoms. The number of nitrogens with one attached hydrogen (secondary N) is 2. The number of anilines is 1. The minimum absolute atomic E-state index is 0.0420. The Kier molecular flexibility index (Phi) is 6.50. The van der Waals surface area contributed by atoms with Crippen molar-refractivity contribution in [2.45, 2.75) is 39.3 Å². The lowest BCUT2D eigenvalue weighted by molar-refractivity contribution is 0.265. The van der Waals surface area contributed by atoms with Crippen molar-refractivity contribution in [1.82, 2.24) is 15.5 Å². The quantitative estimate of drug-likeness (QED) is 0.549. The molecule has 0 bridgehead atoms. The van der Waals surface area contributed by atoms with Crippen LogP contribution in [-0.4, -0.2) is 70.3 Å². The minimum Gasteiger partial charge on any atom is -0.355 e. The summed E-state index contributed by atoms with van der Waals surface area (Å²) in [7, 11) is -1.63. The highest BCUT2D eigenvalue weighted by atomic mass is 32.2. The van der Waals surface area contributed by atoms with Crippen LogP contribution in [0.25, 0.3) is 0 Å². The normalized spacial score (nSPS) is 23.3. The van der Waals surface area contributed by atoms with E-state index in [0.717, 1.165) is 30.8 Å². The molecule has 7 nitrogen and oxygen atoms in total. The van der Waals surface area contributed by atoms with E-state index in [-0.39, 0.29) is 5.75 Å². The number of sulfonamides is 1. The Labute approximate surface area is 169 Å². The second-order valence-electron chi connectivity index (χ2n) is 8.04. The lowest BCUT2D eigenvalue weighted by atomic mass is 10.1. The van der Waals surface area contributed by atoms with Gasteiger partial charge >= 0.3 is 0 Å². The van der Waals surface area contributed by atoms with Crippen LogP contribution in [0.15, 0.2) is 29.3 Å². The number of benzene rings is 1. The van der Waals surface area contributed by atoms with Crippen molar-refractivity contribution in [3.05, 3.63) is 29.8 Å². The molecule has 2 N–H and O–H groups in total. The van der Waals surface area contributed by atoms with Gasteiger partial charge in [0, 0.05) is 45.3 Å². The van der Waals surface area contributed by atoms with Crippen LogP contribution in [0.1, 0.15) is 26.3 Å². The van der Waals surface area contributed by atoms with Gasteiger partial charge in [-0.15, -0.1) is 0 Å². The van der Waals surface area contributed by atoms with E-state index >= 15 is 0 Å². The summed E-state index contributed by atoms with van der Waals surface area (Å²) in [5, 5.41) is 6.64. The molecule has 156 valence electrons. The van der Waals surface area contributed by atoms with E-state index in [0.29, 0.717) is 37.1 Å². The summed E-state index contributed by atoms with van der Waals surface area (Å²) in [6.07, 6.45) is 0.776. The number of para-hydroxylation sites is 1. The fourth-order valence-corrected chi connectivity index (χ4v) is 5.42. The van der Waals surface area contributed by atoms with Gasteiger partial charge in [0.05, 0.1) is 11.4 Å². The molecule has 8 heteroatoms. The van der Waals surface area contributed by atoms with Gasteiger partial charge in [0.15, 0.2) is 5.96 Å². The molecule has 0 saturated carbocycles. The first kappa shape index (κ1) is 20.9.